The first-order valence-electron chi connectivity index (χ1n) is 10.4. The van der Waals surface area contributed by atoms with Gasteiger partial charge in [-0.05, 0) is 36.2 Å². The van der Waals surface area contributed by atoms with Crippen LogP contribution in [0.3, 0.4) is 0 Å². The number of halogens is 1. The van der Waals surface area contributed by atoms with Gasteiger partial charge in [0.1, 0.15) is 11.3 Å². The molecule has 0 saturated carbocycles. The van der Waals surface area contributed by atoms with Crippen LogP contribution in [-0.2, 0) is 18.8 Å². The highest BCUT2D eigenvalue weighted by molar-refractivity contribution is 7.98. The summed E-state index contributed by atoms with van der Waals surface area (Å²) < 4.78 is 17.7. The lowest BCUT2D eigenvalue weighted by Gasteiger charge is -2.11. The molecular weight excluding hydrogens is 439 g/mol. The highest BCUT2D eigenvalue weighted by Crippen LogP contribution is 2.27. The van der Waals surface area contributed by atoms with Crippen LogP contribution in [0.4, 0.5) is 4.39 Å². The van der Waals surface area contributed by atoms with Crippen molar-refractivity contribution in [3.8, 4) is 11.4 Å². The molecule has 0 atom stereocenters. The molecule has 0 spiro atoms. The fourth-order valence-corrected chi connectivity index (χ4v) is 4.39. The molecule has 2 aromatic heterocycles. The van der Waals surface area contributed by atoms with Crippen LogP contribution in [0, 0.1) is 5.82 Å². The number of hydrogen-bond donors (Lipinski definition) is 0. The Kier molecular flexibility index (Phi) is 5.95. The molecule has 0 bridgehead atoms. The van der Waals surface area contributed by atoms with Gasteiger partial charge in [-0.2, -0.15) is 4.68 Å². The van der Waals surface area contributed by atoms with Gasteiger partial charge in [0, 0.05) is 6.54 Å². The van der Waals surface area contributed by atoms with Gasteiger partial charge in [0.25, 0.3) is 5.56 Å². The van der Waals surface area contributed by atoms with Gasteiger partial charge in [-0.3, -0.25) is 4.79 Å². The number of nitrogens with zero attached hydrogens (tertiary/aromatic N) is 6. The molecular formula is C24H19FN6OS. The summed E-state index contributed by atoms with van der Waals surface area (Å²) in [4.78, 5) is 12.8. The van der Waals surface area contributed by atoms with Crippen LogP contribution < -0.4 is 5.56 Å². The van der Waals surface area contributed by atoms with Gasteiger partial charge in [-0.1, -0.05) is 71.6 Å². The highest BCUT2D eigenvalue weighted by Gasteiger charge is 2.18. The van der Waals surface area contributed by atoms with Gasteiger partial charge in [-0.25, -0.2) is 4.39 Å². The van der Waals surface area contributed by atoms with E-state index in [0.29, 0.717) is 34.0 Å². The Labute approximate surface area is 192 Å². The third kappa shape index (κ3) is 4.40. The molecule has 5 rings (SSSR count). The third-order valence-corrected chi connectivity index (χ3v) is 6.18. The molecule has 9 heteroatoms. The van der Waals surface area contributed by atoms with Gasteiger partial charge >= 0.3 is 0 Å². The van der Waals surface area contributed by atoms with E-state index < -0.39 is 0 Å². The van der Waals surface area contributed by atoms with Crippen LogP contribution in [0.25, 0.3) is 22.3 Å². The smallest absolute Gasteiger partial charge is 0.278 e. The van der Waals surface area contributed by atoms with E-state index in [1.54, 1.807) is 36.4 Å². The minimum Gasteiger partial charge on any atom is -0.302 e. The first-order valence-corrected chi connectivity index (χ1v) is 11.4. The number of aryl methyl sites for hydroxylation is 1. The normalized spacial score (nSPS) is 11.2. The number of hydrogen-bond acceptors (Lipinski definition) is 6. The maximum Gasteiger partial charge on any atom is 0.278 e. The van der Waals surface area contributed by atoms with Crippen LogP contribution in [0.1, 0.15) is 5.56 Å². The van der Waals surface area contributed by atoms with Crippen LogP contribution in [0.15, 0.2) is 88.8 Å². The van der Waals surface area contributed by atoms with Crippen molar-refractivity contribution in [3.05, 3.63) is 101 Å². The molecule has 0 aliphatic rings. The number of rotatable bonds is 7. The van der Waals surface area contributed by atoms with Crippen molar-refractivity contribution in [2.75, 3.05) is 0 Å². The lowest BCUT2D eigenvalue weighted by Crippen LogP contribution is -2.23. The molecule has 164 valence electrons. The third-order valence-electron chi connectivity index (χ3n) is 5.24. The molecule has 3 aromatic carbocycles. The summed E-state index contributed by atoms with van der Waals surface area (Å²) >= 11 is 1.31. The first kappa shape index (κ1) is 21.0. The van der Waals surface area contributed by atoms with Crippen molar-refractivity contribution < 1.29 is 4.39 Å². The van der Waals surface area contributed by atoms with Gasteiger partial charge < -0.3 is 4.57 Å². The van der Waals surface area contributed by atoms with Crippen LogP contribution in [0.5, 0.6) is 0 Å². The molecule has 2 heterocycles. The largest absolute Gasteiger partial charge is 0.302 e. The average Bonchev–Trinajstić information content (AvgIpc) is 3.26. The monoisotopic (exact) mass is 458 g/mol. The summed E-state index contributed by atoms with van der Waals surface area (Å²) in [6.45, 7) is 0.557. The topological polar surface area (TPSA) is 78.5 Å². The molecule has 0 amide bonds. The molecule has 0 aliphatic carbocycles. The van der Waals surface area contributed by atoms with Crippen LogP contribution >= 0.6 is 11.8 Å². The van der Waals surface area contributed by atoms with Crippen molar-refractivity contribution in [1.29, 1.82) is 0 Å². The second-order valence-electron chi connectivity index (χ2n) is 7.36. The minimum absolute atomic E-state index is 0.206. The van der Waals surface area contributed by atoms with E-state index in [-0.39, 0.29) is 17.3 Å². The van der Waals surface area contributed by atoms with E-state index >= 15 is 0 Å². The lowest BCUT2D eigenvalue weighted by atomic mass is 10.1. The minimum atomic E-state index is -0.362. The maximum absolute atomic E-state index is 14.5. The highest BCUT2D eigenvalue weighted by atomic mass is 32.2. The summed E-state index contributed by atoms with van der Waals surface area (Å²) in [5, 5.41) is 17.8. The molecule has 0 radical (unpaired) electrons. The molecule has 0 unspecified atom stereocenters. The summed E-state index contributed by atoms with van der Waals surface area (Å²) in [5.74, 6) is 0.291. The number of aromatic nitrogens is 6. The Morgan fingerprint density at radius 2 is 1.61 bits per heavy atom. The Balaban J connectivity index is 1.46. The van der Waals surface area contributed by atoms with E-state index in [4.69, 9.17) is 0 Å². The summed E-state index contributed by atoms with van der Waals surface area (Å²) in [6.07, 6.45) is 0.726. The maximum atomic E-state index is 14.5. The van der Waals surface area contributed by atoms with Crippen molar-refractivity contribution >= 4 is 22.7 Å². The molecule has 0 fully saturated rings. The number of benzene rings is 3. The van der Waals surface area contributed by atoms with Crippen molar-refractivity contribution in [1.82, 2.24) is 29.8 Å². The molecule has 33 heavy (non-hydrogen) atoms. The number of thioether (sulfide) groups is 1. The van der Waals surface area contributed by atoms with Crippen molar-refractivity contribution in [2.24, 2.45) is 0 Å². The second kappa shape index (κ2) is 9.33. The van der Waals surface area contributed by atoms with E-state index in [0.717, 1.165) is 12.0 Å². The second-order valence-corrected chi connectivity index (χ2v) is 8.27. The lowest BCUT2D eigenvalue weighted by molar-refractivity contribution is 0.612. The Morgan fingerprint density at radius 3 is 2.45 bits per heavy atom. The van der Waals surface area contributed by atoms with E-state index in [1.807, 2.05) is 41.0 Å². The summed E-state index contributed by atoms with van der Waals surface area (Å²) in [6, 6.07) is 23.6. The number of fused-ring (bicyclic) bond motifs is 1. The van der Waals surface area contributed by atoms with E-state index in [2.05, 4.69) is 20.5 Å². The summed E-state index contributed by atoms with van der Waals surface area (Å²) in [5.41, 5.74) is 1.86. The predicted octanol–water partition coefficient (Wildman–Crippen LogP) is 4.18. The summed E-state index contributed by atoms with van der Waals surface area (Å²) in [7, 11) is 0. The quantitative estimate of drug-likeness (QED) is 0.341. The Hall–Kier alpha value is -3.85. The van der Waals surface area contributed by atoms with Crippen molar-refractivity contribution in [3.63, 3.8) is 0 Å². The molecule has 0 aliphatic heterocycles. The van der Waals surface area contributed by atoms with E-state index in [9.17, 15) is 9.18 Å². The fourth-order valence-electron chi connectivity index (χ4n) is 3.55. The van der Waals surface area contributed by atoms with Crippen LogP contribution in [0.2, 0.25) is 0 Å². The van der Waals surface area contributed by atoms with Crippen LogP contribution in [-0.4, -0.2) is 29.8 Å². The van der Waals surface area contributed by atoms with Gasteiger partial charge in [-0.15, -0.1) is 15.3 Å². The van der Waals surface area contributed by atoms with Gasteiger partial charge in [0.2, 0.25) is 0 Å². The zero-order valence-electron chi connectivity index (χ0n) is 17.5. The predicted molar refractivity (Wildman–Crippen MR) is 125 cm³/mol. The Bertz CT molecular complexity index is 1470. The zero-order valence-corrected chi connectivity index (χ0v) is 18.3. The van der Waals surface area contributed by atoms with Gasteiger partial charge in [0.15, 0.2) is 11.0 Å². The molecule has 7 nitrogen and oxygen atoms in total. The standard InChI is InChI=1S/C24H19FN6OS/c25-20-12-6-4-10-18(20)22-27-28-24(30(22)15-14-17-8-2-1-3-9-17)33-16-31-23(32)19-11-5-7-13-21(19)26-29-31/h1-13H,14-16H2. The zero-order chi connectivity index (χ0) is 22.6. The average molecular weight is 459 g/mol. The molecule has 0 saturated heterocycles. The van der Waals surface area contributed by atoms with Gasteiger partial charge in [0.05, 0.1) is 16.8 Å². The van der Waals surface area contributed by atoms with Crippen molar-refractivity contribution in [2.45, 2.75) is 24.0 Å². The molecule has 0 N–H and O–H groups in total. The SMILES string of the molecule is O=c1c2ccccc2nnn1CSc1nnc(-c2ccccc2F)n1CCc1ccccc1. The molecule has 5 aromatic rings. The fraction of sp³-hybridized carbons (Fsp3) is 0.125. The Morgan fingerprint density at radius 1 is 0.848 bits per heavy atom. The van der Waals surface area contributed by atoms with E-state index in [1.165, 1.54) is 22.5 Å². The first-order chi connectivity index (χ1) is 16.2.